The van der Waals surface area contributed by atoms with Gasteiger partial charge >= 0.3 is 5.97 Å². The topological polar surface area (TPSA) is 26.3 Å². The minimum atomic E-state index is -0.256. The first kappa shape index (κ1) is 13.6. The number of carbonyl (C=O) groups excluding carboxylic acids is 1. The Morgan fingerprint density at radius 1 is 1.00 bits per heavy atom. The summed E-state index contributed by atoms with van der Waals surface area (Å²) < 4.78 is 5.15. The summed E-state index contributed by atoms with van der Waals surface area (Å²) in [7, 11) is 0. The summed E-state index contributed by atoms with van der Waals surface area (Å²) in [5.41, 5.74) is 3.36. The van der Waals surface area contributed by atoms with E-state index in [9.17, 15) is 4.79 Å². The Hall–Kier alpha value is -2.35. The predicted octanol–water partition coefficient (Wildman–Crippen LogP) is 4.32. The minimum Gasteiger partial charge on any atom is -0.462 e. The van der Waals surface area contributed by atoms with Crippen molar-refractivity contribution in [1.82, 2.24) is 0 Å². The highest BCUT2D eigenvalue weighted by molar-refractivity contribution is 5.87. The van der Waals surface area contributed by atoms with E-state index >= 15 is 0 Å². The normalized spacial score (nSPS) is 14.3. The van der Waals surface area contributed by atoms with Crippen LogP contribution in [0, 0.1) is 5.92 Å². The highest BCUT2D eigenvalue weighted by atomic mass is 16.5. The third-order valence-corrected chi connectivity index (χ3v) is 3.59. The molecule has 0 bridgehead atoms. The van der Waals surface area contributed by atoms with Crippen molar-refractivity contribution in [3.8, 4) is 11.1 Å². The first-order valence-corrected chi connectivity index (χ1v) is 7.31. The molecule has 0 unspecified atom stereocenters. The van der Waals surface area contributed by atoms with Crippen LogP contribution >= 0.6 is 0 Å². The summed E-state index contributed by atoms with van der Waals surface area (Å²) in [5.74, 6) is 0.349. The molecule has 0 amide bonds. The van der Waals surface area contributed by atoms with Gasteiger partial charge in [-0.1, -0.05) is 54.6 Å². The largest absolute Gasteiger partial charge is 0.462 e. The first-order chi connectivity index (χ1) is 10.3. The Bertz CT molecular complexity index is 622. The van der Waals surface area contributed by atoms with Gasteiger partial charge in [0.1, 0.15) is 0 Å². The molecule has 0 spiro atoms. The highest BCUT2D eigenvalue weighted by Crippen LogP contribution is 2.28. The van der Waals surface area contributed by atoms with Crippen LogP contribution in [0.25, 0.3) is 17.2 Å². The third-order valence-electron chi connectivity index (χ3n) is 3.59. The van der Waals surface area contributed by atoms with Crippen molar-refractivity contribution in [2.75, 3.05) is 6.61 Å². The molecule has 0 aliphatic heterocycles. The van der Waals surface area contributed by atoms with Crippen molar-refractivity contribution < 1.29 is 9.53 Å². The van der Waals surface area contributed by atoms with Crippen LogP contribution in [0.4, 0.5) is 0 Å². The molecular formula is C19H18O2. The maximum Gasteiger partial charge on any atom is 0.330 e. The number of benzene rings is 2. The summed E-state index contributed by atoms with van der Waals surface area (Å²) in [5, 5.41) is 0. The zero-order valence-corrected chi connectivity index (χ0v) is 11.9. The van der Waals surface area contributed by atoms with Gasteiger partial charge in [0, 0.05) is 6.08 Å². The van der Waals surface area contributed by atoms with Gasteiger partial charge in [0.15, 0.2) is 0 Å². The maximum atomic E-state index is 11.5. The second kappa shape index (κ2) is 6.40. The Kier molecular flexibility index (Phi) is 4.15. The quantitative estimate of drug-likeness (QED) is 0.601. The van der Waals surface area contributed by atoms with E-state index in [1.807, 2.05) is 30.3 Å². The Morgan fingerprint density at radius 2 is 1.67 bits per heavy atom. The van der Waals surface area contributed by atoms with Gasteiger partial charge in [-0.2, -0.15) is 0 Å². The van der Waals surface area contributed by atoms with Gasteiger partial charge in [-0.05, 0) is 41.5 Å². The molecule has 1 aliphatic carbocycles. The highest BCUT2D eigenvalue weighted by Gasteiger charge is 2.22. The fourth-order valence-electron chi connectivity index (χ4n) is 2.11. The number of ether oxygens (including phenoxy) is 1. The van der Waals surface area contributed by atoms with Crippen molar-refractivity contribution in [3.05, 3.63) is 66.2 Å². The Labute approximate surface area is 125 Å². The average molecular weight is 278 g/mol. The van der Waals surface area contributed by atoms with Crippen LogP contribution in [-0.4, -0.2) is 12.6 Å². The predicted molar refractivity (Wildman–Crippen MR) is 84.6 cm³/mol. The summed E-state index contributed by atoms with van der Waals surface area (Å²) in [6.45, 7) is 0.566. The molecule has 1 aliphatic rings. The van der Waals surface area contributed by atoms with E-state index in [1.54, 1.807) is 6.08 Å². The zero-order valence-electron chi connectivity index (χ0n) is 11.9. The lowest BCUT2D eigenvalue weighted by Gasteiger charge is -2.02. The molecule has 106 valence electrons. The zero-order chi connectivity index (χ0) is 14.5. The van der Waals surface area contributed by atoms with E-state index in [0.717, 1.165) is 5.56 Å². The lowest BCUT2D eigenvalue weighted by molar-refractivity contribution is -0.138. The van der Waals surface area contributed by atoms with Gasteiger partial charge < -0.3 is 4.74 Å². The fourth-order valence-corrected chi connectivity index (χ4v) is 2.11. The molecule has 1 saturated carbocycles. The number of rotatable bonds is 5. The molecule has 0 N–H and O–H groups in total. The standard InChI is InChI=1S/C19H18O2/c20-19(21-14-16-6-7-16)13-10-15-8-11-18(12-9-15)17-4-2-1-3-5-17/h1-5,8-13,16H,6-7,14H2/b13-10+. The molecule has 3 rings (SSSR count). The van der Waals surface area contributed by atoms with Crippen LogP contribution in [0.15, 0.2) is 60.7 Å². The summed E-state index contributed by atoms with van der Waals surface area (Å²) in [6.07, 6.45) is 5.68. The summed E-state index contributed by atoms with van der Waals surface area (Å²) in [4.78, 5) is 11.5. The molecule has 2 nitrogen and oxygen atoms in total. The minimum absolute atomic E-state index is 0.256. The molecule has 2 aromatic rings. The first-order valence-electron chi connectivity index (χ1n) is 7.31. The van der Waals surface area contributed by atoms with Crippen molar-refractivity contribution in [2.24, 2.45) is 5.92 Å². The molecule has 2 heteroatoms. The smallest absolute Gasteiger partial charge is 0.330 e. The van der Waals surface area contributed by atoms with Gasteiger partial charge in [-0.25, -0.2) is 4.79 Å². The lowest BCUT2D eigenvalue weighted by atomic mass is 10.0. The van der Waals surface area contributed by atoms with E-state index in [0.29, 0.717) is 12.5 Å². The van der Waals surface area contributed by atoms with Crippen molar-refractivity contribution in [2.45, 2.75) is 12.8 Å². The van der Waals surface area contributed by atoms with Crippen LogP contribution in [0.1, 0.15) is 18.4 Å². The molecule has 0 saturated heterocycles. The summed E-state index contributed by atoms with van der Waals surface area (Å²) >= 11 is 0. The Morgan fingerprint density at radius 3 is 2.33 bits per heavy atom. The van der Waals surface area contributed by atoms with E-state index in [4.69, 9.17) is 4.74 Å². The molecule has 0 atom stereocenters. The number of hydrogen-bond acceptors (Lipinski definition) is 2. The summed E-state index contributed by atoms with van der Waals surface area (Å²) in [6, 6.07) is 18.4. The molecular weight excluding hydrogens is 260 g/mol. The second-order valence-electron chi connectivity index (χ2n) is 5.39. The molecule has 1 fully saturated rings. The van der Waals surface area contributed by atoms with Gasteiger partial charge in [0.25, 0.3) is 0 Å². The fraction of sp³-hybridized carbons (Fsp3) is 0.211. The van der Waals surface area contributed by atoms with Crippen molar-refractivity contribution in [1.29, 1.82) is 0 Å². The van der Waals surface area contributed by atoms with E-state index in [2.05, 4.69) is 24.3 Å². The maximum absolute atomic E-state index is 11.5. The van der Waals surface area contributed by atoms with Gasteiger partial charge in [0.05, 0.1) is 6.61 Å². The van der Waals surface area contributed by atoms with Gasteiger partial charge in [-0.3, -0.25) is 0 Å². The van der Waals surface area contributed by atoms with Crippen LogP contribution in [-0.2, 0) is 9.53 Å². The third kappa shape index (κ3) is 4.06. The molecule has 0 radical (unpaired) electrons. The molecule has 0 heterocycles. The average Bonchev–Trinajstić information content (AvgIpc) is 3.37. The molecule has 21 heavy (non-hydrogen) atoms. The van der Waals surface area contributed by atoms with Crippen LogP contribution in [0.2, 0.25) is 0 Å². The van der Waals surface area contributed by atoms with Crippen LogP contribution in [0.5, 0.6) is 0 Å². The molecule has 0 aromatic heterocycles. The number of esters is 1. The second-order valence-corrected chi connectivity index (χ2v) is 5.39. The van der Waals surface area contributed by atoms with E-state index < -0.39 is 0 Å². The Balaban J connectivity index is 1.60. The number of carbonyl (C=O) groups is 1. The van der Waals surface area contributed by atoms with Gasteiger partial charge in [0.2, 0.25) is 0 Å². The van der Waals surface area contributed by atoms with E-state index in [-0.39, 0.29) is 5.97 Å². The SMILES string of the molecule is O=C(/C=C/c1ccc(-c2ccccc2)cc1)OCC1CC1. The van der Waals surface area contributed by atoms with E-state index in [1.165, 1.54) is 30.0 Å². The lowest BCUT2D eigenvalue weighted by Crippen LogP contribution is -2.03. The van der Waals surface area contributed by atoms with Crippen LogP contribution in [0.3, 0.4) is 0 Å². The molecule has 2 aromatic carbocycles. The van der Waals surface area contributed by atoms with Crippen LogP contribution < -0.4 is 0 Å². The van der Waals surface area contributed by atoms with Crippen molar-refractivity contribution >= 4 is 12.0 Å². The van der Waals surface area contributed by atoms with Gasteiger partial charge in [-0.15, -0.1) is 0 Å². The monoisotopic (exact) mass is 278 g/mol. The van der Waals surface area contributed by atoms with Crippen molar-refractivity contribution in [3.63, 3.8) is 0 Å². The number of hydrogen-bond donors (Lipinski definition) is 0.